The molecule has 1 heterocycles. The second-order valence-electron chi connectivity index (χ2n) is 6.56. The van der Waals surface area contributed by atoms with Gasteiger partial charge in [0.05, 0.1) is 0 Å². The summed E-state index contributed by atoms with van der Waals surface area (Å²) in [6, 6.07) is 21.4. The van der Waals surface area contributed by atoms with E-state index in [1.165, 1.54) is 6.08 Å². The van der Waals surface area contributed by atoms with E-state index in [0.717, 1.165) is 35.8 Å². The highest BCUT2D eigenvalue weighted by molar-refractivity contribution is 7.80. The van der Waals surface area contributed by atoms with Crippen LogP contribution in [0.5, 0.6) is 0 Å². The summed E-state index contributed by atoms with van der Waals surface area (Å²) in [5, 5.41) is 5.90. The van der Waals surface area contributed by atoms with Gasteiger partial charge in [0.25, 0.3) is 0 Å². The van der Waals surface area contributed by atoms with E-state index in [1.807, 2.05) is 66.7 Å². The molecule has 3 aromatic rings. The van der Waals surface area contributed by atoms with Crippen LogP contribution in [0.4, 0.5) is 11.4 Å². The van der Waals surface area contributed by atoms with Crippen LogP contribution in [0.15, 0.2) is 77.2 Å². The number of rotatable bonds is 7. The van der Waals surface area contributed by atoms with Gasteiger partial charge in [-0.25, -0.2) is 0 Å². The van der Waals surface area contributed by atoms with E-state index < -0.39 is 0 Å². The number of benzene rings is 2. The first-order valence-electron chi connectivity index (χ1n) is 9.89. The third-order valence-electron chi connectivity index (χ3n) is 4.57. The van der Waals surface area contributed by atoms with Crippen LogP contribution in [0.25, 0.3) is 17.4 Å². The van der Waals surface area contributed by atoms with Crippen molar-refractivity contribution >= 4 is 40.7 Å². The lowest BCUT2D eigenvalue weighted by Gasteiger charge is -2.21. The summed E-state index contributed by atoms with van der Waals surface area (Å²) in [6.07, 6.45) is 3.01. The van der Waals surface area contributed by atoms with Gasteiger partial charge >= 0.3 is 0 Å². The standard InChI is InChI=1S/C24H25N3O2S/c1-3-27(4-2)20-12-10-19(11-13-20)25-24(30)26-23(28)17-15-21-14-16-22(29-21)18-8-6-5-7-9-18/h5-17H,3-4H2,1-2H3,(H2,25,26,28,30)/b17-15+. The zero-order valence-corrected chi connectivity index (χ0v) is 17.9. The molecule has 0 spiro atoms. The van der Waals surface area contributed by atoms with Crippen LogP contribution in [-0.2, 0) is 4.79 Å². The molecule has 0 atom stereocenters. The molecule has 0 saturated heterocycles. The van der Waals surface area contributed by atoms with Crippen LogP contribution >= 0.6 is 12.2 Å². The molecule has 2 N–H and O–H groups in total. The summed E-state index contributed by atoms with van der Waals surface area (Å²) in [6.45, 7) is 6.15. The molecule has 0 fully saturated rings. The van der Waals surface area contributed by atoms with Crippen molar-refractivity contribution in [2.75, 3.05) is 23.3 Å². The number of furan rings is 1. The van der Waals surface area contributed by atoms with E-state index in [9.17, 15) is 4.79 Å². The zero-order valence-electron chi connectivity index (χ0n) is 17.1. The van der Waals surface area contributed by atoms with Crippen LogP contribution in [0.3, 0.4) is 0 Å². The van der Waals surface area contributed by atoms with Crippen molar-refractivity contribution in [3.05, 3.63) is 78.6 Å². The Hall–Kier alpha value is -3.38. The molecule has 1 aromatic heterocycles. The molecule has 0 bridgehead atoms. The molecule has 154 valence electrons. The van der Waals surface area contributed by atoms with Crippen molar-refractivity contribution in [1.82, 2.24) is 5.32 Å². The Balaban J connectivity index is 1.52. The van der Waals surface area contributed by atoms with Crippen LogP contribution in [0.1, 0.15) is 19.6 Å². The van der Waals surface area contributed by atoms with Gasteiger partial charge in [0.2, 0.25) is 5.91 Å². The maximum absolute atomic E-state index is 12.1. The lowest BCUT2D eigenvalue weighted by molar-refractivity contribution is -0.115. The highest BCUT2D eigenvalue weighted by Crippen LogP contribution is 2.22. The second kappa shape index (κ2) is 10.4. The average molecular weight is 420 g/mol. The molecule has 6 heteroatoms. The molecule has 5 nitrogen and oxygen atoms in total. The number of carbonyl (C=O) groups is 1. The van der Waals surface area contributed by atoms with E-state index >= 15 is 0 Å². The predicted octanol–water partition coefficient (Wildman–Crippen LogP) is 5.32. The van der Waals surface area contributed by atoms with Crippen LogP contribution < -0.4 is 15.5 Å². The van der Waals surface area contributed by atoms with Crippen molar-refractivity contribution in [1.29, 1.82) is 0 Å². The highest BCUT2D eigenvalue weighted by atomic mass is 32.1. The van der Waals surface area contributed by atoms with E-state index in [0.29, 0.717) is 5.76 Å². The van der Waals surface area contributed by atoms with Gasteiger partial charge in [-0.1, -0.05) is 30.3 Å². The van der Waals surface area contributed by atoms with Crippen molar-refractivity contribution < 1.29 is 9.21 Å². The molecule has 30 heavy (non-hydrogen) atoms. The lowest BCUT2D eigenvalue weighted by atomic mass is 10.2. The summed E-state index contributed by atoms with van der Waals surface area (Å²) in [5.74, 6) is 1.01. The minimum Gasteiger partial charge on any atom is -0.457 e. The van der Waals surface area contributed by atoms with E-state index in [-0.39, 0.29) is 11.0 Å². The predicted molar refractivity (Wildman–Crippen MR) is 128 cm³/mol. The third-order valence-corrected chi connectivity index (χ3v) is 4.78. The van der Waals surface area contributed by atoms with E-state index in [4.69, 9.17) is 16.6 Å². The maximum atomic E-state index is 12.1. The average Bonchev–Trinajstić information content (AvgIpc) is 3.24. The summed E-state index contributed by atoms with van der Waals surface area (Å²) >= 11 is 5.23. The number of hydrogen-bond donors (Lipinski definition) is 2. The Morgan fingerprint density at radius 2 is 1.70 bits per heavy atom. The highest BCUT2D eigenvalue weighted by Gasteiger charge is 2.06. The molecule has 0 aliphatic carbocycles. The lowest BCUT2D eigenvalue weighted by Crippen LogP contribution is -2.32. The van der Waals surface area contributed by atoms with Crippen LogP contribution in [-0.4, -0.2) is 24.1 Å². The second-order valence-corrected chi connectivity index (χ2v) is 6.97. The smallest absolute Gasteiger partial charge is 0.250 e. The third kappa shape index (κ3) is 5.81. The summed E-state index contributed by atoms with van der Waals surface area (Å²) < 4.78 is 5.75. The molecule has 0 radical (unpaired) electrons. The molecule has 2 aromatic carbocycles. The SMILES string of the molecule is CCN(CC)c1ccc(NC(=S)NC(=O)/C=C/c2ccc(-c3ccccc3)o2)cc1. The first-order chi connectivity index (χ1) is 14.6. The maximum Gasteiger partial charge on any atom is 0.250 e. The topological polar surface area (TPSA) is 57.5 Å². The molecular formula is C24H25N3O2S. The monoisotopic (exact) mass is 419 g/mol. The normalized spacial score (nSPS) is 10.7. The fraction of sp³-hybridized carbons (Fsp3) is 0.167. The zero-order chi connectivity index (χ0) is 21.3. The van der Waals surface area contributed by atoms with Gasteiger partial charge in [0.15, 0.2) is 5.11 Å². The number of anilines is 2. The Bertz CT molecular complexity index is 1010. The van der Waals surface area contributed by atoms with Gasteiger partial charge in [-0.3, -0.25) is 10.1 Å². The Kier molecular flexibility index (Phi) is 7.40. The van der Waals surface area contributed by atoms with Gasteiger partial charge in [-0.05, 0) is 68.5 Å². The van der Waals surface area contributed by atoms with Gasteiger partial charge in [0.1, 0.15) is 11.5 Å². The molecular weight excluding hydrogens is 394 g/mol. The van der Waals surface area contributed by atoms with E-state index in [2.05, 4.69) is 29.4 Å². The number of carbonyl (C=O) groups excluding carboxylic acids is 1. The summed E-state index contributed by atoms with van der Waals surface area (Å²) in [7, 11) is 0. The fourth-order valence-electron chi connectivity index (χ4n) is 3.02. The number of thiocarbonyl (C=S) groups is 1. The van der Waals surface area contributed by atoms with Gasteiger partial charge in [-0.2, -0.15) is 0 Å². The molecule has 0 saturated carbocycles. The number of amides is 1. The summed E-state index contributed by atoms with van der Waals surface area (Å²) in [4.78, 5) is 14.4. The molecule has 1 amide bonds. The van der Waals surface area contributed by atoms with E-state index in [1.54, 1.807) is 6.08 Å². The van der Waals surface area contributed by atoms with Crippen LogP contribution in [0.2, 0.25) is 0 Å². The largest absolute Gasteiger partial charge is 0.457 e. The number of nitrogens with one attached hydrogen (secondary N) is 2. The van der Waals surface area contributed by atoms with Crippen LogP contribution in [0, 0.1) is 0 Å². The first kappa shape index (κ1) is 21.3. The fourth-order valence-corrected chi connectivity index (χ4v) is 3.24. The number of nitrogens with zero attached hydrogens (tertiary/aromatic N) is 1. The summed E-state index contributed by atoms with van der Waals surface area (Å²) in [5.41, 5.74) is 2.95. The van der Waals surface area contributed by atoms with Crippen molar-refractivity contribution in [2.24, 2.45) is 0 Å². The van der Waals surface area contributed by atoms with Gasteiger partial charge in [-0.15, -0.1) is 0 Å². The van der Waals surface area contributed by atoms with Gasteiger partial charge in [0, 0.05) is 36.1 Å². The molecule has 0 unspecified atom stereocenters. The Morgan fingerprint density at radius 1 is 1.00 bits per heavy atom. The quantitative estimate of drug-likeness (QED) is 0.401. The first-order valence-corrected chi connectivity index (χ1v) is 10.3. The molecule has 0 aliphatic rings. The minimum absolute atomic E-state index is 0.240. The van der Waals surface area contributed by atoms with Gasteiger partial charge < -0.3 is 14.6 Å². The van der Waals surface area contributed by atoms with Crippen molar-refractivity contribution in [3.63, 3.8) is 0 Å². The minimum atomic E-state index is -0.329. The molecule has 3 rings (SSSR count). The Morgan fingerprint density at radius 3 is 2.37 bits per heavy atom. The molecule has 0 aliphatic heterocycles. The number of hydrogen-bond acceptors (Lipinski definition) is 4. The Labute approximate surface area is 182 Å². The van der Waals surface area contributed by atoms with Crippen molar-refractivity contribution in [2.45, 2.75) is 13.8 Å². The van der Waals surface area contributed by atoms with Crippen molar-refractivity contribution in [3.8, 4) is 11.3 Å².